The number of hydrogen-bond donors (Lipinski definition) is 0. The summed E-state index contributed by atoms with van der Waals surface area (Å²) >= 11 is 0. The molecule has 2 fully saturated rings. The van der Waals surface area contributed by atoms with Crippen molar-refractivity contribution in [2.45, 2.75) is 57.5 Å². The minimum absolute atomic E-state index is 0.308. The quantitative estimate of drug-likeness (QED) is 0.832. The zero-order valence-electron chi connectivity index (χ0n) is 14.1. The molecule has 1 aromatic heterocycles. The molecular formula is C17H27N5O. The van der Waals surface area contributed by atoms with Gasteiger partial charge in [-0.3, -0.25) is 9.69 Å². The van der Waals surface area contributed by atoms with Gasteiger partial charge in [0.25, 0.3) is 0 Å². The zero-order chi connectivity index (χ0) is 15.8. The number of aromatic nitrogens is 3. The molecule has 23 heavy (non-hydrogen) atoms. The van der Waals surface area contributed by atoms with Gasteiger partial charge in [0, 0.05) is 38.0 Å². The van der Waals surface area contributed by atoms with Gasteiger partial charge in [0.05, 0.1) is 6.54 Å². The van der Waals surface area contributed by atoms with Crippen LogP contribution in [0.15, 0.2) is 0 Å². The van der Waals surface area contributed by atoms with Crippen LogP contribution < -0.4 is 0 Å². The van der Waals surface area contributed by atoms with Crippen LogP contribution in [0.2, 0.25) is 0 Å². The number of amides is 1. The van der Waals surface area contributed by atoms with Gasteiger partial charge in [-0.05, 0) is 32.7 Å². The van der Waals surface area contributed by atoms with Crippen LogP contribution >= 0.6 is 0 Å². The first-order chi connectivity index (χ1) is 11.2. The fourth-order valence-electron chi connectivity index (χ4n) is 4.39. The number of fused-ring (bicyclic) bond motifs is 1. The molecule has 6 heteroatoms. The van der Waals surface area contributed by atoms with Crippen molar-refractivity contribution in [1.82, 2.24) is 24.6 Å². The molecule has 3 heterocycles. The van der Waals surface area contributed by atoms with E-state index < -0.39 is 0 Å². The van der Waals surface area contributed by atoms with Crippen molar-refractivity contribution in [2.24, 2.45) is 5.92 Å². The maximum absolute atomic E-state index is 12.5. The molecule has 0 radical (unpaired) electrons. The Bertz CT molecular complexity index is 570. The van der Waals surface area contributed by atoms with Crippen molar-refractivity contribution < 1.29 is 4.79 Å². The number of hydrogen-bond acceptors (Lipinski definition) is 4. The van der Waals surface area contributed by atoms with Gasteiger partial charge in [-0.25, -0.2) is 0 Å². The molecule has 3 aliphatic rings. The van der Waals surface area contributed by atoms with Crippen LogP contribution in [-0.4, -0.2) is 57.2 Å². The highest BCUT2D eigenvalue weighted by molar-refractivity contribution is 5.79. The minimum Gasteiger partial charge on any atom is -0.342 e. The lowest BCUT2D eigenvalue weighted by Crippen LogP contribution is -2.41. The highest BCUT2D eigenvalue weighted by atomic mass is 16.2. The van der Waals surface area contributed by atoms with Gasteiger partial charge in [-0.15, -0.1) is 10.2 Å². The van der Waals surface area contributed by atoms with E-state index in [2.05, 4.69) is 31.6 Å². The first kappa shape index (κ1) is 15.1. The molecule has 1 saturated carbocycles. The van der Waals surface area contributed by atoms with Gasteiger partial charge in [0.2, 0.25) is 5.91 Å². The van der Waals surface area contributed by atoms with Crippen LogP contribution in [0.4, 0.5) is 0 Å². The molecule has 0 unspecified atom stereocenters. The van der Waals surface area contributed by atoms with Gasteiger partial charge in [0.15, 0.2) is 0 Å². The third-order valence-electron chi connectivity index (χ3n) is 5.85. The number of likely N-dealkylation sites (N-methyl/N-ethyl adjacent to an activating group) is 1. The molecule has 126 valence electrons. The third kappa shape index (κ3) is 2.89. The average Bonchev–Trinajstić information content (AvgIpc) is 3.23. The largest absolute Gasteiger partial charge is 0.342 e. The third-order valence-corrected chi connectivity index (χ3v) is 5.85. The Kier molecular flexibility index (Phi) is 4.09. The fraction of sp³-hybridized carbons (Fsp3) is 0.824. The summed E-state index contributed by atoms with van der Waals surface area (Å²) in [5, 5.41) is 8.88. The van der Waals surface area contributed by atoms with Crippen LogP contribution in [0.3, 0.4) is 0 Å². The van der Waals surface area contributed by atoms with Crippen molar-refractivity contribution in [3.8, 4) is 0 Å². The van der Waals surface area contributed by atoms with E-state index in [0.717, 1.165) is 70.1 Å². The Morgan fingerprint density at radius 3 is 2.48 bits per heavy atom. The average molecular weight is 317 g/mol. The highest BCUT2D eigenvalue weighted by Crippen LogP contribution is 2.31. The molecule has 6 nitrogen and oxygen atoms in total. The lowest BCUT2D eigenvalue weighted by molar-refractivity contribution is -0.136. The van der Waals surface area contributed by atoms with Gasteiger partial charge in [0.1, 0.15) is 11.6 Å². The van der Waals surface area contributed by atoms with E-state index in [9.17, 15) is 4.79 Å². The Morgan fingerprint density at radius 1 is 1.00 bits per heavy atom. The van der Waals surface area contributed by atoms with Crippen LogP contribution in [0.1, 0.15) is 56.1 Å². The Balaban J connectivity index is 1.39. The van der Waals surface area contributed by atoms with Crippen molar-refractivity contribution in [2.75, 3.05) is 26.7 Å². The number of nitrogens with zero attached hydrogens (tertiary/aromatic N) is 5. The molecule has 1 aromatic rings. The fourth-order valence-corrected chi connectivity index (χ4v) is 4.39. The molecule has 0 N–H and O–H groups in total. The normalized spacial score (nSPS) is 24.1. The van der Waals surface area contributed by atoms with E-state index in [0.29, 0.717) is 17.7 Å². The van der Waals surface area contributed by atoms with Crippen LogP contribution in [0.5, 0.6) is 0 Å². The number of carbonyl (C=O) groups excluding carboxylic acids is 1. The number of rotatable bonds is 2. The summed E-state index contributed by atoms with van der Waals surface area (Å²) in [5.41, 5.74) is 0. The summed E-state index contributed by atoms with van der Waals surface area (Å²) in [5.74, 6) is 3.43. The number of carbonyl (C=O) groups is 1. The van der Waals surface area contributed by atoms with E-state index in [-0.39, 0.29) is 0 Å². The van der Waals surface area contributed by atoms with Crippen LogP contribution in [-0.2, 0) is 17.9 Å². The van der Waals surface area contributed by atoms with Crippen molar-refractivity contribution in [3.63, 3.8) is 0 Å². The predicted octanol–water partition coefficient (Wildman–Crippen LogP) is 1.62. The summed E-state index contributed by atoms with van der Waals surface area (Å²) in [6.07, 6.45) is 6.73. The Labute approximate surface area is 137 Å². The lowest BCUT2D eigenvalue weighted by atomic mass is 9.94. The van der Waals surface area contributed by atoms with Gasteiger partial charge < -0.3 is 9.47 Å². The second-order valence-electron chi connectivity index (χ2n) is 7.44. The number of likely N-dealkylation sites (tertiary alicyclic amines) is 1. The summed E-state index contributed by atoms with van der Waals surface area (Å²) in [6, 6.07) is 0. The summed E-state index contributed by atoms with van der Waals surface area (Å²) < 4.78 is 2.32. The SMILES string of the molecule is CN1CCn2c(nnc2C2CCN(C(=O)C3CCCC3)CC2)C1. The molecule has 1 amide bonds. The number of piperidine rings is 1. The molecule has 0 aromatic carbocycles. The zero-order valence-corrected chi connectivity index (χ0v) is 14.1. The standard InChI is InChI=1S/C17H27N5O/c1-20-10-11-22-15(12-20)18-19-16(22)13-6-8-21(9-7-13)17(23)14-4-2-3-5-14/h13-14H,2-12H2,1H3. The summed E-state index contributed by atoms with van der Waals surface area (Å²) in [6.45, 7) is 4.74. The molecule has 0 spiro atoms. The second-order valence-corrected chi connectivity index (χ2v) is 7.44. The first-order valence-corrected chi connectivity index (χ1v) is 9.11. The van der Waals surface area contributed by atoms with Gasteiger partial charge in [-0.1, -0.05) is 12.8 Å². The molecule has 4 rings (SSSR count). The highest BCUT2D eigenvalue weighted by Gasteiger charge is 2.32. The van der Waals surface area contributed by atoms with Gasteiger partial charge in [-0.2, -0.15) is 0 Å². The maximum atomic E-state index is 12.5. The predicted molar refractivity (Wildman–Crippen MR) is 86.9 cm³/mol. The lowest BCUT2D eigenvalue weighted by Gasteiger charge is -2.34. The topological polar surface area (TPSA) is 54.3 Å². The van der Waals surface area contributed by atoms with Gasteiger partial charge >= 0.3 is 0 Å². The van der Waals surface area contributed by atoms with Crippen LogP contribution in [0, 0.1) is 5.92 Å². The van der Waals surface area contributed by atoms with E-state index in [1.165, 1.54) is 12.8 Å². The Morgan fingerprint density at radius 2 is 1.74 bits per heavy atom. The monoisotopic (exact) mass is 317 g/mol. The van der Waals surface area contributed by atoms with E-state index in [4.69, 9.17) is 0 Å². The van der Waals surface area contributed by atoms with E-state index in [1.54, 1.807) is 0 Å². The first-order valence-electron chi connectivity index (χ1n) is 9.11. The Hall–Kier alpha value is -1.43. The maximum Gasteiger partial charge on any atom is 0.225 e. The minimum atomic E-state index is 0.308. The smallest absolute Gasteiger partial charge is 0.225 e. The molecule has 2 aliphatic heterocycles. The summed E-state index contributed by atoms with van der Waals surface area (Å²) in [4.78, 5) is 16.9. The van der Waals surface area contributed by atoms with Crippen molar-refractivity contribution >= 4 is 5.91 Å². The van der Waals surface area contributed by atoms with Crippen molar-refractivity contribution in [1.29, 1.82) is 0 Å². The molecule has 1 saturated heterocycles. The van der Waals surface area contributed by atoms with Crippen LogP contribution in [0.25, 0.3) is 0 Å². The molecule has 0 atom stereocenters. The second kappa shape index (κ2) is 6.23. The molecule has 1 aliphatic carbocycles. The van der Waals surface area contributed by atoms with E-state index >= 15 is 0 Å². The van der Waals surface area contributed by atoms with E-state index in [1.807, 2.05) is 0 Å². The van der Waals surface area contributed by atoms with Crippen molar-refractivity contribution in [3.05, 3.63) is 11.6 Å². The molecule has 0 bridgehead atoms. The summed E-state index contributed by atoms with van der Waals surface area (Å²) in [7, 11) is 2.13. The molecular weight excluding hydrogens is 290 g/mol.